The number of rotatable bonds is 4. The van der Waals surface area contributed by atoms with Gasteiger partial charge in [-0.25, -0.2) is 13.1 Å². The van der Waals surface area contributed by atoms with E-state index in [0.29, 0.717) is 11.6 Å². The van der Waals surface area contributed by atoms with Gasteiger partial charge in [-0.1, -0.05) is 36.6 Å². The lowest BCUT2D eigenvalue weighted by Gasteiger charge is -2.33. The molecule has 1 saturated carbocycles. The van der Waals surface area contributed by atoms with Gasteiger partial charge in [0.25, 0.3) is 0 Å². The summed E-state index contributed by atoms with van der Waals surface area (Å²) in [5.74, 6) is -0.510. The molecule has 7 nitrogen and oxygen atoms in total. The SMILES string of the molecule is CS(=O)(=O)NC1CN(C(=O)Cc2ccc(Cl)cc2)CC2(CCCC2)NC1=O. The van der Waals surface area contributed by atoms with E-state index in [1.54, 1.807) is 29.2 Å². The topological polar surface area (TPSA) is 95.6 Å². The fourth-order valence-corrected chi connectivity index (χ4v) is 4.71. The molecule has 27 heavy (non-hydrogen) atoms. The number of halogens is 1. The van der Waals surface area contributed by atoms with Crippen LogP contribution >= 0.6 is 11.6 Å². The van der Waals surface area contributed by atoms with E-state index in [1.165, 1.54) is 0 Å². The smallest absolute Gasteiger partial charge is 0.240 e. The molecule has 0 aromatic heterocycles. The molecule has 148 valence electrons. The number of benzene rings is 1. The van der Waals surface area contributed by atoms with E-state index in [2.05, 4.69) is 10.0 Å². The Morgan fingerprint density at radius 1 is 1.30 bits per heavy atom. The van der Waals surface area contributed by atoms with Crippen molar-refractivity contribution in [2.24, 2.45) is 0 Å². The molecule has 2 amide bonds. The van der Waals surface area contributed by atoms with Crippen molar-refractivity contribution in [3.8, 4) is 0 Å². The Balaban J connectivity index is 1.82. The fourth-order valence-electron chi connectivity index (χ4n) is 3.88. The van der Waals surface area contributed by atoms with Gasteiger partial charge in [0.2, 0.25) is 21.8 Å². The van der Waals surface area contributed by atoms with E-state index >= 15 is 0 Å². The third-order valence-corrected chi connectivity index (χ3v) is 6.10. The first-order chi connectivity index (χ1) is 12.7. The van der Waals surface area contributed by atoms with Crippen molar-refractivity contribution < 1.29 is 18.0 Å². The van der Waals surface area contributed by atoms with E-state index in [1.807, 2.05) is 0 Å². The zero-order chi connectivity index (χ0) is 19.7. The molecule has 2 aliphatic rings. The summed E-state index contributed by atoms with van der Waals surface area (Å²) in [6, 6.07) is 6.04. The van der Waals surface area contributed by atoms with Gasteiger partial charge < -0.3 is 10.2 Å². The Kier molecular flexibility index (Phi) is 5.79. The van der Waals surface area contributed by atoms with Crippen molar-refractivity contribution in [2.75, 3.05) is 19.3 Å². The van der Waals surface area contributed by atoms with Crippen LogP contribution in [0, 0.1) is 0 Å². The molecule has 1 aromatic rings. The van der Waals surface area contributed by atoms with Crippen LogP contribution in [0.4, 0.5) is 0 Å². The lowest BCUT2D eigenvalue weighted by atomic mass is 9.97. The van der Waals surface area contributed by atoms with Crippen molar-refractivity contribution >= 4 is 33.4 Å². The molecule has 1 saturated heterocycles. The standard InChI is InChI=1S/C18H24ClN3O4S/c1-27(25,26)21-15-11-22(12-18(20-17(15)24)8-2-3-9-18)16(23)10-13-4-6-14(19)7-5-13/h4-7,15,21H,2-3,8-12H2,1H3,(H,20,24). The zero-order valence-electron chi connectivity index (χ0n) is 15.2. The van der Waals surface area contributed by atoms with Crippen LogP contribution in [0.3, 0.4) is 0 Å². The summed E-state index contributed by atoms with van der Waals surface area (Å²) >= 11 is 5.89. The molecule has 1 aliphatic heterocycles. The normalized spacial score (nSPS) is 22.5. The van der Waals surface area contributed by atoms with Gasteiger partial charge in [-0.2, -0.15) is 0 Å². The summed E-state index contributed by atoms with van der Waals surface area (Å²) in [6.07, 6.45) is 4.71. The number of hydrogen-bond donors (Lipinski definition) is 2. The van der Waals surface area contributed by atoms with E-state index in [9.17, 15) is 18.0 Å². The minimum absolute atomic E-state index is 0.0209. The Bertz CT molecular complexity index is 820. The van der Waals surface area contributed by atoms with Gasteiger partial charge in [-0.05, 0) is 30.5 Å². The molecule has 1 aromatic carbocycles. The second kappa shape index (κ2) is 7.77. The first-order valence-electron chi connectivity index (χ1n) is 8.97. The maximum absolute atomic E-state index is 12.9. The summed E-state index contributed by atoms with van der Waals surface area (Å²) in [5.41, 5.74) is 0.349. The van der Waals surface area contributed by atoms with Gasteiger partial charge >= 0.3 is 0 Å². The summed E-state index contributed by atoms with van der Waals surface area (Å²) in [6.45, 7) is 0.417. The molecule has 1 atom stereocenters. The van der Waals surface area contributed by atoms with Crippen LogP contribution in [-0.4, -0.2) is 56.1 Å². The number of nitrogens with one attached hydrogen (secondary N) is 2. The van der Waals surface area contributed by atoms with Crippen LogP contribution in [0.1, 0.15) is 31.2 Å². The average molecular weight is 414 g/mol. The first kappa shape index (κ1) is 20.1. The van der Waals surface area contributed by atoms with Crippen LogP contribution in [0.2, 0.25) is 5.02 Å². The molecule has 1 heterocycles. The third kappa shape index (κ3) is 5.21. The minimum atomic E-state index is -3.58. The monoisotopic (exact) mass is 413 g/mol. The minimum Gasteiger partial charge on any atom is -0.347 e. The first-order valence-corrected chi connectivity index (χ1v) is 11.2. The average Bonchev–Trinajstić information content (AvgIpc) is 2.97. The highest BCUT2D eigenvalue weighted by Crippen LogP contribution is 2.32. The quantitative estimate of drug-likeness (QED) is 0.771. The second-order valence-corrected chi connectivity index (χ2v) is 9.71. The lowest BCUT2D eigenvalue weighted by Crippen LogP contribution is -2.54. The van der Waals surface area contributed by atoms with Crippen molar-refractivity contribution in [3.05, 3.63) is 34.9 Å². The Labute approximate surface area is 164 Å². The molecule has 1 unspecified atom stereocenters. The van der Waals surface area contributed by atoms with Crippen LogP contribution in [0.15, 0.2) is 24.3 Å². The third-order valence-electron chi connectivity index (χ3n) is 5.14. The van der Waals surface area contributed by atoms with Crippen molar-refractivity contribution in [1.82, 2.24) is 14.9 Å². The molecule has 1 aliphatic carbocycles. The summed E-state index contributed by atoms with van der Waals surface area (Å²) in [5, 5.41) is 3.60. The fraction of sp³-hybridized carbons (Fsp3) is 0.556. The van der Waals surface area contributed by atoms with Crippen LogP contribution in [0.25, 0.3) is 0 Å². The molecule has 3 rings (SSSR count). The Morgan fingerprint density at radius 2 is 1.93 bits per heavy atom. The number of nitrogens with zero attached hydrogens (tertiary/aromatic N) is 1. The lowest BCUT2D eigenvalue weighted by molar-refractivity contribution is -0.131. The van der Waals surface area contributed by atoms with E-state index in [0.717, 1.165) is 37.5 Å². The molecule has 2 fully saturated rings. The van der Waals surface area contributed by atoms with Crippen LogP contribution < -0.4 is 10.0 Å². The number of carbonyl (C=O) groups is 2. The van der Waals surface area contributed by atoms with E-state index in [-0.39, 0.29) is 24.8 Å². The number of carbonyl (C=O) groups excluding carboxylic acids is 2. The second-order valence-electron chi connectivity index (χ2n) is 7.50. The van der Waals surface area contributed by atoms with Gasteiger partial charge in [0.15, 0.2) is 0 Å². The highest BCUT2D eigenvalue weighted by atomic mass is 35.5. The Hall–Kier alpha value is -1.64. The number of hydrogen-bond acceptors (Lipinski definition) is 4. The zero-order valence-corrected chi connectivity index (χ0v) is 16.8. The maximum atomic E-state index is 12.9. The summed E-state index contributed by atoms with van der Waals surface area (Å²) < 4.78 is 25.7. The highest BCUT2D eigenvalue weighted by molar-refractivity contribution is 7.88. The molecule has 0 bridgehead atoms. The summed E-state index contributed by atoms with van der Waals surface area (Å²) in [4.78, 5) is 27.2. The van der Waals surface area contributed by atoms with Crippen LogP contribution in [-0.2, 0) is 26.0 Å². The predicted octanol–water partition coefficient (Wildman–Crippen LogP) is 1.07. The molecular weight excluding hydrogens is 390 g/mol. The predicted molar refractivity (Wildman–Crippen MR) is 103 cm³/mol. The molecule has 0 radical (unpaired) electrons. The molecule has 2 N–H and O–H groups in total. The van der Waals surface area contributed by atoms with E-state index in [4.69, 9.17) is 11.6 Å². The number of sulfonamides is 1. The van der Waals surface area contributed by atoms with Crippen molar-refractivity contribution in [3.63, 3.8) is 0 Å². The molecule has 9 heteroatoms. The number of amides is 2. The highest BCUT2D eigenvalue weighted by Gasteiger charge is 2.43. The van der Waals surface area contributed by atoms with Gasteiger partial charge in [-0.15, -0.1) is 0 Å². The van der Waals surface area contributed by atoms with Crippen molar-refractivity contribution in [1.29, 1.82) is 0 Å². The van der Waals surface area contributed by atoms with Gasteiger partial charge in [0.05, 0.1) is 18.2 Å². The molecule has 1 spiro atoms. The van der Waals surface area contributed by atoms with Gasteiger partial charge in [0.1, 0.15) is 6.04 Å². The van der Waals surface area contributed by atoms with Crippen LogP contribution in [0.5, 0.6) is 0 Å². The Morgan fingerprint density at radius 3 is 2.52 bits per heavy atom. The van der Waals surface area contributed by atoms with E-state index < -0.39 is 21.6 Å². The van der Waals surface area contributed by atoms with Crippen molar-refractivity contribution in [2.45, 2.75) is 43.7 Å². The summed E-state index contributed by atoms with van der Waals surface area (Å²) in [7, 11) is -3.58. The van der Waals surface area contributed by atoms with Gasteiger partial charge in [-0.3, -0.25) is 9.59 Å². The van der Waals surface area contributed by atoms with Gasteiger partial charge in [0, 0.05) is 18.1 Å². The largest absolute Gasteiger partial charge is 0.347 e. The maximum Gasteiger partial charge on any atom is 0.240 e. The molecular formula is C18H24ClN3O4S.